The highest BCUT2D eigenvalue weighted by Crippen LogP contribution is 2.26. The van der Waals surface area contributed by atoms with Gasteiger partial charge in [0.05, 0.1) is 12.2 Å². The molecule has 4 heteroatoms. The second-order valence-corrected chi connectivity index (χ2v) is 3.76. The maximum absolute atomic E-state index is 6.10. The predicted molar refractivity (Wildman–Crippen MR) is 54.5 cm³/mol. The van der Waals surface area contributed by atoms with Crippen LogP contribution in [0.3, 0.4) is 0 Å². The molecule has 76 valence electrons. The Morgan fingerprint density at radius 1 is 1.50 bits per heavy atom. The number of rotatable bonds is 2. The fourth-order valence-corrected chi connectivity index (χ4v) is 1.84. The van der Waals surface area contributed by atoms with Crippen LogP contribution in [0.25, 0.3) is 0 Å². The van der Waals surface area contributed by atoms with E-state index in [2.05, 4.69) is 16.3 Å². The average molecular weight is 192 g/mol. The van der Waals surface area contributed by atoms with Gasteiger partial charge in [-0.2, -0.15) is 15.0 Å². The van der Waals surface area contributed by atoms with Crippen LogP contribution in [-0.4, -0.2) is 15.0 Å². The van der Waals surface area contributed by atoms with Crippen molar-refractivity contribution in [3.63, 3.8) is 0 Å². The molecule has 1 aromatic rings. The molecule has 1 atom stereocenters. The number of nitrogens with zero attached hydrogens (tertiary/aromatic N) is 3. The first kappa shape index (κ1) is 9.40. The zero-order valence-electron chi connectivity index (χ0n) is 8.48. The predicted octanol–water partition coefficient (Wildman–Crippen LogP) is 1.32. The number of hydrogen-bond donors (Lipinski definition) is 1. The Labute approximate surface area is 83.8 Å². The largest absolute Gasteiger partial charge is 0.319 e. The van der Waals surface area contributed by atoms with Crippen molar-refractivity contribution in [2.75, 3.05) is 0 Å². The van der Waals surface area contributed by atoms with E-state index in [4.69, 9.17) is 5.73 Å². The summed E-state index contributed by atoms with van der Waals surface area (Å²) in [5.41, 5.74) is 8.29. The first-order valence-corrected chi connectivity index (χ1v) is 5.08. The van der Waals surface area contributed by atoms with E-state index in [1.165, 1.54) is 18.4 Å². The van der Waals surface area contributed by atoms with Gasteiger partial charge in [0, 0.05) is 7.05 Å². The number of hydrogen-bond acceptors (Lipinski definition) is 3. The van der Waals surface area contributed by atoms with Crippen LogP contribution in [0.1, 0.15) is 37.4 Å². The third-order valence-corrected chi connectivity index (χ3v) is 2.66. The van der Waals surface area contributed by atoms with Crippen LogP contribution in [0, 0.1) is 0 Å². The summed E-state index contributed by atoms with van der Waals surface area (Å²) in [6.07, 6.45) is 8.81. The summed E-state index contributed by atoms with van der Waals surface area (Å²) in [4.78, 5) is 1.55. The van der Waals surface area contributed by atoms with Crippen molar-refractivity contribution < 1.29 is 0 Å². The minimum Gasteiger partial charge on any atom is -0.319 e. The Morgan fingerprint density at radius 2 is 2.36 bits per heavy atom. The van der Waals surface area contributed by atoms with Gasteiger partial charge < -0.3 is 5.73 Å². The van der Waals surface area contributed by atoms with E-state index in [1.807, 2.05) is 7.05 Å². The van der Waals surface area contributed by atoms with E-state index in [0.29, 0.717) is 0 Å². The first-order valence-electron chi connectivity index (χ1n) is 5.08. The second-order valence-electron chi connectivity index (χ2n) is 3.76. The zero-order chi connectivity index (χ0) is 9.97. The molecule has 0 saturated carbocycles. The van der Waals surface area contributed by atoms with Gasteiger partial charge in [-0.15, -0.1) is 0 Å². The van der Waals surface area contributed by atoms with E-state index < -0.39 is 0 Å². The molecule has 0 radical (unpaired) electrons. The molecule has 1 heterocycles. The van der Waals surface area contributed by atoms with Crippen molar-refractivity contribution >= 4 is 0 Å². The molecule has 4 nitrogen and oxygen atoms in total. The maximum Gasteiger partial charge on any atom is 0.104 e. The monoisotopic (exact) mass is 192 g/mol. The van der Waals surface area contributed by atoms with Crippen LogP contribution < -0.4 is 5.73 Å². The Kier molecular flexibility index (Phi) is 2.63. The normalized spacial score (nSPS) is 19.1. The van der Waals surface area contributed by atoms with Gasteiger partial charge in [-0.25, -0.2) is 0 Å². The van der Waals surface area contributed by atoms with Crippen LogP contribution in [0.4, 0.5) is 0 Å². The summed E-state index contributed by atoms with van der Waals surface area (Å²) in [7, 11) is 1.81. The number of nitrogens with two attached hydrogens (primary N) is 1. The van der Waals surface area contributed by atoms with E-state index in [1.54, 1.807) is 11.0 Å². The molecule has 0 spiro atoms. The minimum absolute atomic E-state index is 0.0519. The molecule has 0 aromatic carbocycles. The number of allylic oxidation sites excluding steroid dienone is 1. The summed E-state index contributed by atoms with van der Waals surface area (Å²) in [5, 5.41) is 8.26. The Hall–Kier alpha value is -1.16. The lowest BCUT2D eigenvalue weighted by Crippen LogP contribution is -2.15. The van der Waals surface area contributed by atoms with Gasteiger partial charge in [0.2, 0.25) is 0 Å². The first-order chi connectivity index (χ1) is 6.77. The average Bonchev–Trinajstić information content (AvgIpc) is 2.65. The number of aryl methyl sites for hydroxylation is 1. The maximum atomic E-state index is 6.10. The van der Waals surface area contributed by atoms with Gasteiger partial charge in [0.25, 0.3) is 0 Å². The Bertz CT molecular complexity index is 340. The fraction of sp³-hybridized carbons (Fsp3) is 0.600. The highest BCUT2D eigenvalue weighted by atomic mass is 15.4. The van der Waals surface area contributed by atoms with Gasteiger partial charge in [-0.05, 0) is 25.7 Å². The Morgan fingerprint density at radius 3 is 2.93 bits per heavy atom. The van der Waals surface area contributed by atoms with Crippen LogP contribution in [-0.2, 0) is 7.05 Å². The topological polar surface area (TPSA) is 56.7 Å². The van der Waals surface area contributed by atoms with Gasteiger partial charge in [-0.3, -0.25) is 0 Å². The van der Waals surface area contributed by atoms with Crippen LogP contribution in [0.15, 0.2) is 17.8 Å². The van der Waals surface area contributed by atoms with Gasteiger partial charge in [-0.1, -0.05) is 11.6 Å². The molecule has 0 bridgehead atoms. The van der Waals surface area contributed by atoms with E-state index in [0.717, 1.165) is 18.5 Å². The quantitative estimate of drug-likeness (QED) is 0.719. The SMILES string of the molecule is Cn1ncc(C(N)C2=CCCCC2)n1. The minimum atomic E-state index is -0.0519. The van der Waals surface area contributed by atoms with E-state index in [-0.39, 0.29) is 6.04 Å². The lowest BCUT2D eigenvalue weighted by Gasteiger charge is -2.17. The summed E-state index contributed by atoms with van der Waals surface area (Å²) < 4.78 is 0. The zero-order valence-corrected chi connectivity index (χ0v) is 8.48. The highest BCUT2D eigenvalue weighted by molar-refractivity contribution is 5.20. The van der Waals surface area contributed by atoms with E-state index >= 15 is 0 Å². The van der Waals surface area contributed by atoms with E-state index in [9.17, 15) is 0 Å². The third-order valence-electron chi connectivity index (χ3n) is 2.66. The van der Waals surface area contributed by atoms with Crippen LogP contribution in [0.2, 0.25) is 0 Å². The molecule has 2 rings (SSSR count). The molecule has 0 saturated heterocycles. The second kappa shape index (κ2) is 3.92. The van der Waals surface area contributed by atoms with Gasteiger partial charge in [0.1, 0.15) is 5.69 Å². The molecule has 0 amide bonds. The summed E-state index contributed by atoms with van der Waals surface area (Å²) in [5.74, 6) is 0. The van der Waals surface area contributed by atoms with Crippen molar-refractivity contribution in [2.24, 2.45) is 12.8 Å². The summed E-state index contributed by atoms with van der Waals surface area (Å²) >= 11 is 0. The van der Waals surface area contributed by atoms with Gasteiger partial charge in [0.15, 0.2) is 0 Å². The molecule has 14 heavy (non-hydrogen) atoms. The van der Waals surface area contributed by atoms with Crippen molar-refractivity contribution in [1.82, 2.24) is 15.0 Å². The molecule has 2 N–H and O–H groups in total. The third kappa shape index (κ3) is 1.85. The molecule has 1 aliphatic carbocycles. The molecule has 0 fully saturated rings. The summed E-state index contributed by atoms with van der Waals surface area (Å²) in [6.45, 7) is 0. The molecule has 0 aliphatic heterocycles. The van der Waals surface area contributed by atoms with Crippen molar-refractivity contribution in [2.45, 2.75) is 31.7 Å². The summed E-state index contributed by atoms with van der Waals surface area (Å²) in [6, 6.07) is -0.0519. The number of aromatic nitrogens is 3. The lowest BCUT2D eigenvalue weighted by molar-refractivity contribution is 0.613. The van der Waals surface area contributed by atoms with Crippen LogP contribution >= 0.6 is 0 Å². The fourth-order valence-electron chi connectivity index (χ4n) is 1.84. The lowest BCUT2D eigenvalue weighted by atomic mass is 9.93. The standard InChI is InChI=1S/C10H16N4/c1-14-12-7-9(13-14)10(11)8-5-3-2-4-6-8/h5,7,10H,2-4,6,11H2,1H3. The van der Waals surface area contributed by atoms with Crippen molar-refractivity contribution in [3.05, 3.63) is 23.5 Å². The molecular weight excluding hydrogens is 176 g/mol. The molecule has 1 unspecified atom stereocenters. The van der Waals surface area contributed by atoms with Gasteiger partial charge >= 0.3 is 0 Å². The van der Waals surface area contributed by atoms with Crippen molar-refractivity contribution in [3.8, 4) is 0 Å². The molecular formula is C10H16N4. The molecule has 1 aliphatic rings. The smallest absolute Gasteiger partial charge is 0.104 e. The Balaban J connectivity index is 2.14. The molecule has 1 aromatic heterocycles. The van der Waals surface area contributed by atoms with Crippen molar-refractivity contribution in [1.29, 1.82) is 0 Å². The highest BCUT2D eigenvalue weighted by Gasteiger charge is 2.16. The van der Waals surface area contributed by atoms with Crippen LogP contribution in [0.5, 0.6) is 0 Å².